The maximum atomic E-state index is 12.1. The van der Waals surface area contributed by atoms with E-state index in [9.17, 15) is 4.79 Å². The molecule has 0 N–H and O–H groups in total. The Hall–Kier alpha value is -2.28. The van der Waals surface area contributed by atoms with E-state index in [2.05, 4.69) is 30.9 Å². The predicted molar refractivity (Wildman–Crippen MR) is 90.7 cm³/mol. The second-order valence-corrected chi connectivity index (χ2v) is 6.92. The number of aryl methyl sites for hydroxylation is 2. The summed E-state index contributed by atoms with van der Waals surface area (Å²) in [5, 5.41) is 3.99. The van der Waals surface area contributed by atoms with Gasteiger partial charge < -0.3 is 4.90 Å². The molecule has 2 atom stereocenters. The lowest BCUT2D eigenvalue weighted by atomic mass is 10.0. The number of fused-ring (bicyclic) bond motifs is 1. The molecule has 4 rings (SSSR count). The molecule has 24 heavy (non-hydrogen) atoms. The summed E-state index contributed by atoms with van der Waals surface area (Å²) in [6, 6.07) is 3.89. The van der Waals surface area contributed by atoms with Crippen LogP contribution in [0.25, 0.3) is 0 Å². The highest BCUT2D eigenvalue weighted by Gasteiger charge is 2.40. The molecule has 2 fully saturated rings. The van der Waals surface area contributed by atoms with Crippen LogP contribution in [0.15, 0.2) is 29.5 Å². The summed E-state index contributed by atoms with van der Waals surface area (Å²) in [5.74, 6) is 2.32. The van der Waals surface area contributed by atoms with Crippen LogP contribution in [-0.4, -0.2) is 50.8 Å². The third-order valence-corrected chi connectivity index (χ3v) is 5.15. The standard InChI is InChI=1S/C17H22N6O/c1-12-5-16(19-11-18-12)23-9-14-7-22(8-15(14)10-23)6-13-3-4-20-21(2)17(13)24/h3-5,11,14-15H,6-10H2,1-2H3. The SMILES string of the molecule is Cc1cc(N2CC3CN(Cc4ccnn(C)c4=O)CC3C2)ncn1. The molecule has 0 bridgehead atoms. The Labute approximate surface area is 140 Å². The number of aromatic nitrogens is 4. The average Bonchev–Trinajstić information content (AvgIpc) is 3.10. The van der Waals surface area contributed by atoms with Crippen molar-refractivity contribution in [2.24, 2.45) is 18.9 Å². The first-order chi connectivity index (χ1) is 11.6. The molecule has 4 heterocycles. The van der Waals surface area contributed by atoms with Crippen LogP contribution in [-0.2, 0) is 13.6 Å². The van der Waals surface area contributed by atoms with Crippen molar-refractivity contribution in [3.8, 4) is 0 Å². The van der Waals surface area contributed by atoms with E-state index in [0.717, 1.165) is 49.8 Å². The molecule has 0 spiro atoms. The van der Waals surface area contributed by atoms with Crippen molar-refractivity contribution < 1.29 is 0 Å². The van der Waals surface area contributed by atoms with Crippen LogP contribution in [0, 0.1) is 18.8 Å². The van der Waals surface area contributed by atoms with Gasteiger partial charge in [-0.25, -0.2) is 14.6 Å². The van der Waals surface area contributed by atoms with Crippen LogP contribution >= 0.6 is 0 Å². The third kappa shape index (κ3) is 2.80. The lowest BCUT2D eigenvalue weighted by Crippen LogP contribution is -2.32. The van der Waals surface area contributed by atoms with E-state index in [1.807, 2.05) is 13.0 Å². The molecule has 7 heteroatoms. The lowest BCUT2D eigenvalue weighted by molar-refractivity contribution is 0.306. The van der Waals surface area contributed by atoms with Crippen LogP contribution in [0.4, 0.5) is 5.82 Å². The van der Waals surface area contributed by atoms with Gasteiger partial charge in [0.2, 0.25) is 0 Å². The zero-order valence-electron chi connectivity index (χ0n) is 14.1. The summed E-state index contributed by atoms with van der Waals surface area (Å²) in [7, 11) is 1.70. The van der Waals surface area contributed by atoms with Crippen molar-refractivity contribution in [1.29, 1.82) is 0 Å². The van der Waals surface area contributed by atoms with E-state index in [1.54, 1.807) is 19.6 Å². The Bertz CT molecular complexity index is 790. The molecular formula is C17H22N6O. The minimum atomic E-state index is 0.00708. The Kier molecular flexibility index (Phi) is 3.80. The topological polar surface area (TPSA) is 67.2 Å². The number of likely N-dealkylation sites (tertiary alicyclic amines) is 1. The molecule has 2 aromatic rings. The van der Waals surface area contributed by atoms with Gasteiger partial charge in [0, 0.05) is 63.3 Å². The fourth-order valence-electron chi connectivity index (χ4n) is 3.94. The molecule has 126 valence electrons. The van der Waals surface area contributed by atoms with Crippen LogP contribution in [0.1, 0.15) is 11.3 Å². The molecule has 0 radical (unpaired) electrons. The minimum Gasteiger partial charge on any atom is -0.356 e. The summed E-state index contributed by atoms with van der Waals surface area (Å²) in [6.45, 7) is 6.86. The fourth-order valence-corrected chi connectivity index (χ4v) is 3.94. The maximum Gasteiger partial charge on any atom is 0.270 e. The van der Waals surface area contributed by atoms with Crippen molar-refractivity contribution in [3.05, 3.63) is 46.3 Å². The van der Waals surface area contributed by atoms with Crippen LogP contribution in [0.5, 0.6) is 0 Å². The summed E-state index contributed by atoms with van der Waals surface area (Å²) in [5.41, 5.74) is 1.84. The predicted octanol–water partition coefficient (Wildman–Crippen LogP) is 0.447. The van der Waals surface area contributed by atoms with Gasteiger partial charge in [-0.15, -0.1) is 0 Å². The first-order valence-electron chi connectivity index (χ1n) is 8.37. The molecule has 2 aliphatic heterocycles. The summed E-state index contributed by atoms with van der Waals surface area (Å²) in [4.78, 5) is 25.5. The molecule has 7 nitrogen and oxygen atoms in total. The molecule has 0 aliphatic carbocycles. The van der Waals surface area contributed by atoms with Gasteiger partial charge in [-0.3, -0.25) is 9.69 Å². The molecule has 2 unspecified atom stereocenters. The van der Waals surface area contributed by atoms with E-state index < -0.39 is 0 Å². The van der Waals surface area contributed by atoms with Crippen molar-refractivity contribution in [3.63, 3.8) is 0 Å². The summed E-state index contributed by atoms with van der Waals surface area (Å²) < 4.78 is 1.41. The molecule has 0 aromatic carbocycles. The first-order valence-corrected chi connectivity index (χ1v) is 8.37. The Morgan fingerprint density at radius 1 is 1.17 bits per heavy atom. The highest BCUT2D eigenvalue weighted by Crippen LogP contribution is 2.33. The number of hydrogen-bond donors (Lipinski definition) is 0. The van der Waals surface area contributed by atoms with E-state index in [4.69, 9.17) is 0 Å². The van der Waals surface area contributed by atoms with Crippen LogP contribution in [0.2, 0.25) is 0 Å². The van der Waals surface area contributed by atoms with E-state index in [1.165, 1.54) is 4.68 Å². The number of hydrogen-bond acceptors (Lipinski definition) is 6. The Morgan fingerprint density at radius 2 is 1.92 bits per heavy atom. The van der Waals surface area contributed by atoms with Crippen molar-refractivity contribution >= 4 is 5.82 Å². The van der Waals surface area contributed by atoms with E-state index >= 15 is 0 Å². The second kappa shape index (κ2) is 5.98. The molecule has 2 aromatic heterocycles. The van der Waals surface area contributed by atoms with E-state index in [-0.39, 0.29) is 5.56 Å². The molecular weight excluding hydrogens is 304 g/mol. The number of rotatable bonds is 3. The van der Waals surface area contributed by atoms with Gasteiger partial charge in [0.05, 0.1) is 0 Å². The van der Waals surface area contributed by atoms with Crippen molar-refractivity contribution in [2.75, 3.05) is 31.1 Å². The van der Waals surface area contributed by atoms with Gasteiger partial charge >= 0.3 is 0 Å². The van der Waals surface area contributed by atoms with Crippen molar-refractivity contribution in [2.45, 2.75) is 13.5 Å². The van der Waals surface area contributed by atoms with Gasteiger partial charge in [0.25, 0.3) is 5.56 Å². The Morgan fingerprint density at radius 3 is 2.62 bits per heavy atom. The minimum absolute atomic E-state index is 0.00708. The highest BCUT2D eigenvalue weighted by atomic mass is 16.1. The first kappa shape index (κ1) is 15.3. The number of anilines is 1. The molecule has 0 amide bonds. The average molecular weight is 326 g/mol. The zero-order valence-corrected chi connectivity index (χ0v) is 14.1. The van der Waals surface area contributed by atoms with Gasteiger partial charge in [-0.2, -0.15) is 5.10 Å². The molecule has 2 saturated heterocycles. The smallest absolute Gasteiger partial charge is 0.270 e. The van der Waals surface area contributed by atoms with Crippen molar-refractivity contribution in [1.82, 2.24) is 24.6 Å². The molecule has 2 aliphatic rings. The van der Waals surface area contributed by atoms with Gasteiger partial charge in [-0.05, 0) is 24.8 Å². The highest BCUT2D eigenvalue weighted by molar-refractivity contribution is 5.40. The van der Waals surface area contributed by atoms with Gasteiger partial charge in [0.15, 0.2) is 0 Å². The lowest BCUT2D eigenvalue weighted by Gasteiger charge is -2.22. The normalized spacial score (nSPS) is 23.7. The van der Waals surface area contributed by atoms with Gasteiger partial charge in [-0.1, -0.05) is 0 Å². The largest absolute Gasteiger partial charge is 0.356 e. The third-order valence-electron chi connectivity index (χ3n) is 5.15. The van der Waals surface area contributed by atoms with Gasteiger partial charge in [0.1, 0.15) is 12.1 Å². The fraction of sp³-hybridized carbons (Fsp3) is 0.529. The maximum absolute atomic E-state index is 12.1. The Balaban J connectivity index is 1.41. The monoisotopic (exact) mass is 326 g/mol. The van der Waals surface area contributed by atoms with Crippen LogP contribution in [0.3, 0.4) is 0 Å². The summed E-state index contributed by atoms with van der Waals surface area (Å²) >= 11 is 0. The zero-order chi connectivity index (χ0) is 16.7. The van der Waals surface area contributed by atoms with Crippen LogP contribution < -0.4 is 10.5 Å². The number of nitrogens with zero attached hydrogens (tertiary/aromatic N) is 6. The summed E-state index contributed by atoms with van der Waals surface area (Å²) in [6.07, 6.45) is 3.34. The molecule has 0 saturated carbocycles. The quantitative estimate of drug-likeness (QED) is 0.816. The van der Waals surface area contributed by atoms with E-state index in [0.29, 0.717) is 11.8 Å². The second-order valence-electron chi connectivity index (χ2n) is 6.92.